The minimum Gasteiger partial charge on any atom is -0.317 e. The molecule has 0 bridgehead atoms. The van der Waals surface area contributed by atoms with Crippen molar-refractivity contribution < 1.29 is 8.42 Å². The molecule has 5 nitrogen and oxygen atoms in total. The molecule has 2 aromatic heterocycles. The van der Waals surface area contributed by atoms with Crippen LogP contribution in [0.4, 0.5) is 0 Å². The second-order valence-electron chi connectivity index (χ2n) is 7.17. The molecule has 1 atom stereocenters. The summed E-state index contributed by atoms with van der Waals surface area (Å²) >= 11 is 0. The lowest BCUT2D eigenvalue weighted by Gasteiger charge is -2.34. The van der Waals surface area contributed by atoms with Gasteiger partial charge in [0.05, 0.1) is 5.52 Å². The van der Waals surface area contributed by atoms with Gasteiger partial charge in [-0.1, -0.05) is 23.8 Å². The normalized spacial score (nSPS) is 24.3. The minimum absolute atomic E-state index is 0. The molecular formula is C19H24ClN3O2S. The Balaban J connectivity index is 0.00000196. The van der Waals surface area contributed by atoms with Crippen molar-refractivity contribution in [2.45, 2.75) is 30.9 Å². The minimum atomic E-state index is -3.57. The second-order valence-corrected chi connectivity index (χ2v) is 9.44. The lowest BCUT2D eigenvalue weighted by Crippen LogP contribution is -2.40. The molecule has 0 saturated carbocycles. The van der Waals surface area contributed by atoms with Gasteiger partial charge in [0, 0.05) is 24.0 Å². The first kappa shape index (κ1) is 19.1. The van der Waals surface area contributed by atoms with E-state index in [0.717, 1.165) is 31.3 Å². The predicted octanol–water partition coefficient (Wildman–Crippen LogP) is 3.28. The zero-order valence-corrected chi connectivity index (χ0v) is 16.4. The third-order valence-corrected chi connectivity index (χ3v) is 7.78. The number of pyridine rings is 1. The fourth-order valence-electron chi connectivity index (χ4n) is 3.94. The van der Waals surface area contributed by atoms with Crippen LogP contribution in [0.2, 0.25) is 0 Å². The van der Waals surface area contributed by atoms with E-state index in [2.05, 4.69) is 16.4 Å². The van der Waals surface area contributed by atoms with E-state index in [-0.39, 0.29) is 12.4 Å². The number of piperidine rings is 1. The molecule has 7 heteroatoms. The van der Waals surface area contributed by atoms with Gasteiger partial charge in [0.1, 0.15) is 4.75 Å². The third-order valence-electron chi connectivity index (χ3n) is 5.48. The summed E-state index contributed by atoms with van der Waals surface area (Å²) in [5.74, 6) is 0.478. The number of hydrogen-bond donors (Lipinski definition) is 1. The van der Waals surface area contributed by atoms with Gasteiger partial charge in [-0.3, -0.25) is 4.98 Å². The van der Waals surface area contributed by atoms with Crippen LogP contribution < -0.4 is 5.32 Å². The Morgan fingerprint density at radius 2 is 2.04 bits per heavy atom. The zero-order chi connectivity index (χ0) is 17.5. The van der Waals surface area contributed by atoms with Crippen LogP contribution in [0, 0.1) is 5.92 Å². The molecule has 2 aliphatic rings. The van der Waals surface area contributed by atoms with Gasteiger partial charge in [-0.05, 0) is 57.3 Å². The maximum atomic E-state index is 13.5. The Hall–Kier alpha value is -1.63. The van der Waals surface area contributed by atoms with Crippen LogP contribution in [0.25, 0.3) is 10.9 Å². The summed E-state index contributed by atoms with van der Waals surface area (Å²) in [7, 11) is -3.57. The van der Waals surface area contributed by atoms with Crippen LogP contribution in [0.5, 0.6) is 0 Å². The second kappa shape index (κ2) is 7.18. The Morgan fingerprint density at radius 1 is 1.27 bits per heavy atom. The van der Waals surface area contributed by atoms with Crippen molar-refractivity contribution in [3.05, 3.63) is 54.5 Å². The molecule has 2 aromatic rings. The molecule has 3 heterocycles. The number of rotatable bonds is 3. The number of halogens is 1. The molecule has 1 aliphatic carbocycles. The summed E-state index contributed by atoms with van der Waals surface area (Å²) in [6.07, 6.45) is 13.6. The number of allylic oxidation sites excluding steroid dienone is 3. The topological polar surface area (TPSA) is 64.0 Å². The summed E-state index contributed by atoms with van der Waals surface area (Å²) in [5.41, 5.74) is 1.94. The van der Waals surface area contributed by atoms with Crippen LogP contribution in [-0.4, -0.2) is 35.2 Å². The molecular weight excluding hydrogens is 370 g/mol. The SMILES string of the molecule is CC1(S(=O)(=O)n2ccc3cnccc32)C=CC=C(C2CCNCC2)C1.Cl. The monoisotopic (exact) mass is 393 g/mol. The highest BCUT2D eigenvalue weighted by molar-refractivity contribution is 7.91. The van der Waals surface area contributed by atoms with Crippen LogP contribution in [-0.2, 0) is 10.0 Å². The fourth-order valence-corrected chi connectivity index (χ4v) is 5.64. The van der Waals surface area contributed by atoms with Gasteiger partial charge in [-0.25, -0.2) is 12.4 Å². The van der Waals surface area contributed by atoms with Gasteiger partial charge in [0.25, 0.3) is 0 Å². The zero-order valence-electron chi connectivity index (χ0n) is 14.8. The molecule has 1 unspecified atom stereocenters. The molecule has 140 valence electrons. The summed E-state index contributed by atoms with van der Waals surface area (Å²) in [6, 6.07) is 3.56. The van der Waals surface area contributed by atoms with Gasteiger partial charge in [0.15, 0.2) is 0 Å². The van der Waals surface area contributed by atoms with E-state index in [0.29, 0.717) is 17.9 Å². The van der Waals surface area contributed by atoms with Gasteiger partial charge < -0.3 is 5.32 Å². The van der Waals surface area contributed by atoms with Crippen molar-refractivity contribution in [2.24, 2.45) is 5.92 Å². The van der Waals surface area contributed by atoms with Crippen molar-refractivity contribution in [2.75, 3.05) is 13.1 Å². The van der Waals surface area contributed by atoms with Gasteiger partial charge >= 0.3 is 0 Å². The standard InChI is InChI=1S/C19H23N3O2S.ClH/c1-19(8-2-3-16(13-19)15-4-9-20-10-5-15)25(23,24)22-12-7-17-14-21-11-6-18(17)22;/h2-3,6-8,11-12,14-15,20H,4-5,9-10,13H2,1H3;1H. The van der Waals surface area contributed by atoms with Crippen LogP contribution in [0.15, 0.2) is 54.5 Å². The first-order valence-electron chi connectivity index (χ1n) is 8.76. The first-order valence-corrected chi connectivity index (χ1v) is 10.2. The first-order chi connectivity index (χ1) is 12.0. The molecule has 1 fully saturated rings. The lowest BCUT2D eigenvalue weighted by molar-refractivity contribution is 0.404. The van der Waals surface area contributed by atoms with Crippen LogP contribution in [0.3, 0.4) is 0 Å². The van der Waals surface area contributed by atoms with Crippen molar-refractivity contribution in [3.8, 4) is 0 Å². The highest BCUT2D eigenvalue weighted by atomic mass is 35.5. The Kier molecular flexibility index (Phi) is 5.28. The van der Waals surface area contributed by atoms with Crippen molar-refractivity contribution in [1.29, 1.82) is 0 Å². The average molecular weight is 394 g/mol. The van der Waals surface area contributed by atoms with Gasteiger partial charge in [-0.2, -0.15) is 0 Å². The number of hydrogen-bond acceptors (Lipinski definition) is 4. The Morgan fingerprint density at radius 3 is 2.81 bits per heavy atom. The Bertz CT molecular complexity index is 958. The smallest absolute Gasteiger partial charge is 0.248 e. The lowest BCUT2D eigenvalue weighted by atomic mass is 9.82. The van der Waals surface area contributed by atoms with E-state index in [9.17, 15) is 8.42 Å². The quantitative estimate of drug-likeness (QED) is 0.869. The number of nitrogens with zero attached hydrogens (tertiary/aromatic N) is 2. The van der Waals surface area contributed by atoms with Crippen LogP contribution >= 0.6 is 12.4 Å². The van der Waals surface area contributed by atoms with Crippen LogP contribution in [0.1, 0.15) is 26.2 Å². The molecule has 26 heavy (non-hydrogen) atoms. The van der Waals surface area contributed by atoms with E-state index >= 15 is 0 Å². The van der Waals surface area contributed by atoms with Gasteiger partial charge in [-0.15, -0.1) is 12.4 Å². The predicted molar refractivity (Wildman–Crippen MR) is 107 cm³/mol. The van der Waals surface area contributed by atoms with Crippen molar-refractivity contribution in [3.63, 3.8) is 0 Å². The summed E-state index contributed by atoms with van der Waals surface area (Å²) < 4.78 is 27.4. The van der Waals surface area contributed by atoms with E-state index in [4.69, 9.17) is 0 Å². The maximum absolute atomic E-state index is 13.5. The van der Waals surface area contributed by atoms with E-state index in [1.54, 1.807) is 30.7 Å². The molecule has 1 saturated heterocycles. The van der Waals surface area contributed by atoms with Crippen molar-refractivity contribution in [1.82, 2.24) is 14.3 Å². The highest BCUT2D eigenvalue weighted by Crippen LogP contribution is 2.38. The molecule has 0 amide bonds. The summed E-state index contributed by atoms with van der Waals surface area (Å²) in [5, 5.41) is 4.21. The van der Waals surface area contributed by atoms with E-state index in [1.165, 1.54) is 9.55 Å². The summed E-state index contributed by atoms with van der Waals surface area (Å²) in [4.78, 5) is 4.07. The fraction of sp³-hybridized carbons (Fsp3) is 0.421. The molecule has 0 radical (unpaired) electrons. The van der Waals surface area contributed by atoms with E-state index < -0.39 is 14.8 Å². The van der Waals surface area contributed by atoms with Crippen molar-refractivity contribution >= 4 is 33.3 Å². The molecule has 1 N–H and O–H groups in total. The molecule has 0 spiro atoms. The number of aromatic nitrogens is 2. The largest absolute Gasteiger partial charge is 0.317 e. The number of fused-ring (bicyclic) bond motifs is 1. The highest BCUT2D eigenvalue weighted by Gasteiger charge is 2.41. The molecule has 0 aromatic carbocycles. The molecule has 4 rings (SSSR count). The van der Waals surface area contributed by atoms with Gasteiger partial charge in [0.2, 0.25) is 10.0 Å². The Labute approximate surface area is 160 Å². The number of nitrogens with one attached hydrogen (secondary N) is 1. The third kappa shape index (κ3) is 3.10. The maximum Gasteiger partial charge on any atom is 0.248 e. The molecule has 1 aliphatic heterocycles. The van der Waals surface area contributed by atoms with E-state index in [1.807, 2.05) is 19.1 Å². The summed E-state index contributed by atoms with van der Waals surface area (Å²) in [6.45, 7) is 3.84. The average Bonchev–Trinajstić information content (AvgIpc) is 3.07.